The second kappa shape index (κ2) is 16.2. The molecule has 64 heavy (non-hydrogen) atoms. The molecule has 0 atom stereocenters. The molecule has 0 spiro atoms. The molecule has 0 amide bonds. The summed E-state index contributed by atoms with van der Waals surface area (Å²) in [4.78, 5) is 4.82. The highest BCUT2D eigenvalue weighted by Crippen LogP contribution is 2.49. The van der Waals surface area contributed by atoms with Crippen molar-refractivity contribution in [3.63, 3.8) is 0 Å². The van der Waals surface area contributed by atoms with E-state index >= 15 is 0 Å². The van der Waals surface area contributed by atoms with E-state index in [-0.39, 0.29) is 0 Å². The van der Waals surface area contributed by atoms with Crippen LogP contribution in [0, 0.1) is 0 Å². The molecule has 0 aliphatic carbocycles. The molecule has 2 heterocycles. The van der Waals surface area contributed by atoms with Crippen molar-refractivity contribution in [3.8, 4) is 33.4 Å². The van der Waals surface area contributed by atoms with Crippen LogP contribution in [0.3, 0.4) is 0 Å². The third kappa shape index (κ3) is 6.81. The molecule has 0 aliphatic heterocycles. The first kappa shape index (κ1) is 38.0. The Labute approximate surface area is 380 Å². The Morgan fingerprint density at radius 1 is 0.219 bits per heavy atom. The van der Waals surface area contributed by atoms with E-state index < -0.39 is 0 Å². The molecule has 10 aromatic carbocycles. The molecule has 4 heteroatoms. The van der Waals surface area contributed by atoms with Crippen LogP contribution in [0.5, 0.6) is 0 Å². The van der Waals surface area contributed by atoms with Gasteiger partial charge in [-0.15, -0.1) is 22.7 Å². The predicted molar refractivity (Wildman–Crippen MR) is 278 cm³/mol. The first-order valence-corrected chi connectivity index (χ1v) is 23.3. The van der Waals surface area contributed by atoms with Gasteiger partial charge in [-0.3, -0.25) is 0 Å². The molecule has 302 valence electrons. The predicted octanol–water partition coefficient (Wildman–Crippen LogP) is 18.4. The highest BCUT2D eigenvalue weighted by molar-refractivity contribution is 7.27. The van der Waals surface area contributed by atoms with Gasteiger partial charge in [0.15, 0.2) is 0 Å². The fraction of sp³-hybridized carbons (Fsp3) is 0. The summed E-state index contributed by atoms with van der Waals surface area (Å²) in [6.45, 7) is 0. The van der Waals surface area contributed by atoms with Gasteiger partial charge in [0.05, 0.1) is 20.8 Å². The van der Waals surface area contributed by atoms with Gasteiger partial charge in [-0.1, -0.05) is 170 Å². The first-order valence-electron chi connectivity index (χ1n) is 21.7. The lowest BCUT2D eigenvalue weighted by atomic mass is 10.0. The van der Waals surface area contributed by atoms with Gasteiger partial charge in [-0.05, 0) is 106 Å². The molecule has 2 nitrogen and oxygen atoms in total. The maximum atomic E-state index is 2.48. The fourth-order valence-electron chi connectivity index (χ4n) is 9.14. The lowest BCUT2D eigenvalue weighted by molar-refractivity contribution is 1.28. The Morgan fingerprint density at radius 2 is 0.516 bits per heavy atom. The highest BCUT2D eigenvalue weighted by Gasteiger charge is 2.22. The minimum atomic E-state index is 1.10. The Kier molecular flexibility index (Phi) is 9.59. The summed E-state index contributed by atoms with van der Waals surface area (Å²) < 4.78 is 5.18. The summed E-state index contributed by atoms with van der Waals surface area (Å²) in [6, 6.07) is 88.1. The highest BCUT2D eigenvalue weighted by atomic mass is 32.1. The van der Waals surface area contributed by atoms with Crippen LogP contribution in [0.4, 0.5) is 34.1 Å². The summed E-state index contributed by atoms with van der Waals surface area (Å²) in [5, 5.41) is 5.18. The summed E-state index contributed by atoms with van der Waals surface area (Å²) in [5.41, 5.74) is 14.0. The van der Waals surface area contributed by atoms with Crippen LogP contribution in [0.1, 0.15) is 0 Å². The van der Waals surface area contributed by atoms with Crippen LogP contribution in [0.15, 0.2) is 243 Å². The van der Waals surface area contributed by atoms with E-state index in [9.17, 15) is 0 Å². The molecule has 0 saturated carbocycles. The molecule has 0 bridgehead atoms. The SMILES string of the molecule is c1ccc(-c2ccc(N(c3ccc(-c4ccccc4)cc3)c3ccc(-c4ccc(N(c5cccc6c5sc5ccccc56)c5cccc6c5sc5ccccc56)cc4)cc3)cc2)cc1. The van der Waals surface area contributed by atoms with Crippen molar-refractivity contribution in [2.45, 2.75) is 0 Å². The standard InChI is InChI=1S/C60H40N2S2/c1-3-13-41(14-4-1)43-25-33-47(34-26-43)61(48-35-27-44(28-36-48)42-15-5-2-6-16-42)49-37-29-45(30-38-49)46-31-39-50(40-32-46)62(55-21-11-19-53-51-17-7-9-23-57(51)63-59(53)55)56-22-12-20-54-52-18-8-10-24-58(52)64-60(54)56/h1-40H. The Morgan fingerprint density at radius 3 is 0.891 bits per heavy atom. The lowest BCUT2D eigenvalue weighted by Gasteiger charge is -2.27. The minimum Gasteiger partial charge on any atom is -0.311 e. The van der Waals surface area contributed by atoms with Gasteiger partial charge in [0.1, 0.15) is 0 Å². The summed E-state index contributed by atoms with van der Waals surface area (Å²) in [7, 11) is 0. The van der Waals surface area contributed by atoms with Crippen LogP contribution in [-0.2, 0) is 0 Å². The monoisotopic (exact) mass is 852 g/mol. The van der Waals surface area contributed by atoms with Crippen molar-refractivity contribution in [1.29, 1.82) is 0 Å². The van der Waals surface area contributed by atoms with Gasteiger partial charge in [0.2, 0.25) is 0 Å². The second-order valence-electron chi connectivity index (χ2n) is 16.1. The first-order chi connectivity index (χ1) is 31.7. The summed E-state index contributed by atoms with van der Waals surface area (Å²) in [5.74, 6) is 0. The van der Waals surface area contributed by atoms with Crippen LogP contribution >= 0.6 is 22.7 Å². The average Bonchev–Trinajstić information content (AvgIpc) is 3.95. The van der Waals surface area contributed by atoms with Gasteiger partial charge >= 0.3 is 0 Å². The topological polar surface area (TPSA) is 6.48 Å². The van der Waals surface area contributed by atoms with Crippen LogP contribution < -0.4 is 9.80 Å². The van der Waals surface area contributed by atoms with Crippen molar-refractivity contribution in [2.75, 3.05) is 9.80 Å². The Bertz CT molecular complexity index is 3380. The second-order valence-corrected chi connectivity index (χ2v) is 18.2. The number of thiophene rings is 2. The molecule has 0 fully saturated rings. The Hall–Kier alpha value is -7.76. The zero-order chi connectivity index (χ0) is 42.4. The number of fused-ring (bicyclic) bond motifs is 6. The van der Waals surface area contributed by atoms with Gasteiger partial charge in [0, 0.05) is 53.7 Å². The quantitative estimate of drug-likeness (QED) is 0.143. The maximum absolute atomic E-state index is 2.48. The molecular weight excluding hydrogens is 813 g/mol. The van der Waals surface area contributed by atoms with Crippen molar-refractivity contribution in [3.05, 3.63) is 243 Å². The summed E-state index contributed by atoms with van der Waals surface area (Å²) >= 11 is 3.75. The molecule has 0 N–H and O–H groups in total. The molecule has 12 aromatic rings. The largest absolute Gasteiger partial charge is 0.311 e. The van der Waals surface area contributed by atoms with Crippen molar-refractivity contribution in [1.82, 2.24) is 0 Å². The number of hydrogen-bond acceptors (Lipinski definition) is 4. The molecule has 0 aliphatic rings. The lowest BCUT2D eigenvalue weighted by Crippen LogP contribution is -2.10. The number of nitrogens with zero attached hydrogens (tertiary/aromatic N) is 2. The smallest absolute Gasteiger partial charge is 0.0640 e. The van der Waals surface area contributed by atoms with Gasteiger partial charge in [-0.2, -0.15) is 0 Å². The van der Waals surface area contributed by atoms with E-state index in [2.05, 4.69) is 252 Å². The minimum absolute atomic E-state index is 1.10. The maximum Gasteiger partial charge on any atom is 0.0640 e. The van der Waals surface area contributed by atoms with E-state index in [4.69, 9.17) is 0 Å². The van der Waals surface area contributed by atoms with Crippen LogP contribution in [-0.4, -0.2) is 0 Å². The molecule has 0 saturated heterocycles. The molecule has 0 unspecified atom stereocenters. The van der Waals surface area contributed by atoms with Gasteiger partial charge < -0.3 is 9.80 Å². The van der Waals surface area contributed by atoms with Crippen molar-refractivity contribution in [2.24, 2.45) is 0 Å². The Balaban J connectivity index is 0.923. The third-order valence-electron chi connectivity index (χ3n) is 12.3. The zero-order valence-electron chi connectivity index (χ0n) is 34.8. The van der Waals surface area contributed by atoms with E-state index in [0.29, 0.717) is 0 Å². The van der Waals surface area contributed by atoms with Gasteiger partial charge in [0.25, 0.3) is 0 Å². The number of anilines is 6. The van der Waals surface area contributed by atoms with E-state index in [0.717, 1.165) is 22.7 Å². The number of rotatable bonds is 9. The zero-order valence-corrected chi connectivity index (χ0v) is 36.4. The molecular formula is C60H40N2S2. The normalized spacial score (nSPS) is 11.4. The van der Waals surface area contributed by atoms with E-state index in [1.54, 1.807) is 0 Å². The van der Waals surface area contributed by atoms with Gasteiger partial charge in [-0.25, -0.2) is 0 Å². The molecule has 2 aromatic heterocycles. The molecule has 12 rings (SSSR count). The van der Waals surface area contributed by atoms with E-state index in [1.165, 1.54) is 85.1 Å². The fourth-order valence-corrected chi connectivity index (χ4v) is 11.6. The average molecular weight is 853 g/mol. The van der Waals surface area contributed by atoms with Crippen LogP contribution in [0.25, 0.3) is 73.7 Å². The van der Waals surface area contributed by atoms with Crippen molar-refractivity contribution >= 4 is 97.1 Å². The number of hydrogen-bond donors (Lipinski definition) is 0. The van der Waals surface area contributed by atoms with Crippen molar-refractivity contribution < 1.29 is 0 Å². The van der Waals surface area contributed by atoms with E-state index in [1.807, 2.05) is 22.7 Å². The third-order valence-corrected chi connectivity index (χ3v) is 14.7. The van der Waals surface area contributed by atoms with Crippen LogP contribution in [0.2, 0.25) is 0 Å². The summed E-state index contributed by atoms with van der Waals surface area (Å²) in [6.07, 6.45) is 0. The number of benzene rings is 10. The molecule has 0 radical (unpaired) electrons.